The number of carboxylic acids is 1. The van der Waals surface area contributed by atoms with E-state index in [0.717, 1.165) is 0 Å². The number of amides is 2. The Kier molecular flexibility index (Phi) is 8.21. The average Bonchev–Trinajstić information content (AvgIpc) is 2.84. The molecular formula is C23H21BrN4O7. The van der Waals surface area contributed by atoms with Crippen LogP contribution in [0.4, 0.5) is 5.82 Å². The summed E-state index contributed by atoms with van der Waals surface area (Å²) in [5.41, 5.74) is -0.288. The predicted octanol–water partition coefficient (Wildman–Crippen LogP) is 2.23. The van der Waals surface area contributed by atoms with Crippen molar-refractivity contribution in [2.24, 2.45) is 0 Å². The number of benzene rings is 2. The number of ether oxygens (including phenoxy) is 2. The fourth-order valence-electron chi connectivity index (χ4n) is 3.23. The summed E-state index contributed by atoms with van der Waals surface area (Å²) in [6.45, 7) is 0. The topological polar surface area (TPSA) is 160 Å². The van der Waals surface area contributed by atoms with Crippen LogP contribution in [0, 0.1) is 0 Å². The van der Waals surface area contributed by atoms with E-state index in [1.807, 2.05) is 0 Å². The fourth-order valence-corrected chi connectivity index (χ4v) is 3.70. The van der Waals surface area contributed by atoms with E-state index >= 15 is 0 Å². The molecule has 2 aromatic carbocycles. The van der Waals surface area contributed by atoms with Gasteiger partial charge in [0.2, 0.25) is 0 Å². The van der Waals surface area contributed by atoms with Crippen molar-refractivity contribution in [1.29, 1.82) is 0 Å². The first-order valence-electron chi connectivity index (χ1n) is 10.1. The van der Waals surface area contributed by atoms with Crippen molar-refractivity contribution in [3.05, 3.63) is 80.3 Å². The number of nitrogens with zero attached hydrogens (tertiary/aromatic N) is 1. The molecule has 2 amide bonds. The van der Waals surface area contributed by atoms with E-state index in [9.17, 15) is 24.3 Å². The Morgan fingerprint density at radius 3 is 2.31 bits per heavy atom. The standard InChI is InChI=1S/C23H21BrN4O7/c1-34-16-8-5-9-17(35-2)18(16)21(30)27-19-12(11-25-23(33)28-19)10-15(22(31)32)26-20(29)13-6-3-4-7-14(13)24/h3-9,11,15H,10H2,1-2H3,(H,26,29)(H,31,32)(H2,25,27,28,30,33). The highest BCUT2D eigenvalue weighted by Crippen LogP contribution is 2.29. The Labute approximate surface area is 207 Å². The number of carbonyl (C=O) groups excluding carboxylic acids is 2. The van der Waals surface area contributed by atoms with Crippen LogP contribution >= 0.6 is 15.9 Å². The third kappa shape index (κ3) is 6.03. The molecule has 1 unspecified atom stereocenters. The maximum absolute atomic E-state index is 13.0. The molecule has 3 rings (SSSR count). The number of aromatic nitrogens is 2. The second kappa shape index (κ2) is 11.3. The number of methoxy groups -OCH3 is 2. The molecule has 11 nitrogen and oxygen atoms in total. The Morgan fingerprint density at radius 1 is 1.06 bits per heavy atom. The number of rotatable bonds is 9. The van der Waals surface area contributed by atoms with Crippen molar-refractivity contribution < 1.29 is 29.0 Å². The Hall–Kier alpha value is -4.19. The van der Waals surface area contributed by atoms with Gasteiger partial charge in [0, 0.05) is 22.7 Å². The molecule has 0 spiro atoms. The van der Waals surface area contributed by atoms with Crippen LogP contribution < -0.4 is 25.8 Å². The van der Waals surface area contributed by atoms with E-state index < -0.39 is 29.5 Å². The van der Waals surface area contributed by atoms with Gasteiger partial charge in [-0.25, -0.2) is 9.59 Å². The quantitative estimate of drug-likeness (QED) is 0.319. The lowest BCUT2D eigenvalue weighted by Gasteiger charge is -2.17. The van der Waals surface area contributed by atoms with Gasteiger partial charge in [0.15, 0.2) is 0 Å². The maximum Gasteiger partial charge on any atom is 0.346 e. The number of carboxylic acid groups (broad SMARTS) is 1. The zero-order chi connectivity index (χ0) is 25.5. The van der Waals surface area contributed by atoms with Gasteiger partial charge in [-0.15, -0.1) is 0 Å². The first-order valence-corrected chi connectivity index (χ1v) is 10.9. The van der Waals surface area contributed by atoms with Gasteiger partial charge in [-0.05, 0) is 40.2 Å². The first-order chi connectivity index (χ1) is 16.7. The number of hydrogen-bond acceptors (Lipinski definition) is 7. The van der Waals surface area contributed by atoms with Crippen LogP contribution in [0.5, 0.6) is 11.5 Å². The molecule has 12 heteroatoms. The number of halogens is 1. The second-order valence-electron chi connectivity index (χ2n) is 7.12. The largest absolute Gasteiger partial charge is 0.496 e. The first kappa shape index (κ1) is 25.4. The third-order valence-electron chi connectivity index (χ3n) is 4.92. The van der Waals surface area contributed by atoms with Gasteiger partial charge >= 0.3 is 11.7 Å². The van der Waals surface area contributed by atoms with Crippen LogP contribution in [-0.4, -0.2) is 53.1 Å². The minimum atomic E-state index is -1.39. The third-order valence-corrected chi connectivity index (χ3v) is 5.61. The monoisotopic (exact) mass is 544 g/mol. The lowest BCUT2D eigenvalue weighted by Crippen LogP contribution is -2.42. The summed E-state index contributed by atoms with van der Waals surface area (Å²) in [7, 11) is 2.77. The summed E-state index contributed by atoms with van der Waals surface area (Å²) in [5.74, 6) is -2.36. The van der Waals surface area contributed by atoms with Crippen molar-refractivity contribution in [2.75, 3.05) is 19.5 Å². The molecule has 0 saturated heterocycles. The molecule has 1 heterocycles. The van der Waals surface area contributed by atoms with Crippen molar-refractivity contribution in [1.82, 2.24) is 15.3 Å². The van der Waals surface area contributed by atoms with Crippen LogP contribution in [0.25, 0.3) is 0 Å². The van der Waals surface area contributed by atoms with Gasteiger partial charge in [-0.1, -0.05) is 18.2 Å². The molecule has 0 aliphatic carbocycles. The molecule has 0 saturated carbocycles. The van der Waals surface area contributed by atoms with Crippen molar-refractivity contribution in [3.63, 3.8) is 0 Å². The number of anilines is 1. The summed E-state index contributed by atoms with van der Waals surface area (Å²) in [5, 5.41) is 14.7. The average molecular weight is 545 g/mol. The van der Waals surface area contributed by atoms with Crippen molar-refractivity contribution >= 4 is 39.5 Å². The van der Waals surface area contributed by atoms with Crippen LogP contribution in [0.3, 0.4) is 0 Å². The molecule has 182 valence electrons. The van der Waals surface area contributed by atoms with Gasteiger partial charge in [0.25, 0.3) is 11.8 Å². The highest BCUT2D eigenvalue weighted by molar-refractivity contribution is 9.10. The number of aliphatic carboxylic acids is 1. The molecule has 1 atom stereocenters. The molecule has 1 aromatic heterocycles. The summed E-state index contributed by atoms with van der Waals surface area (Å²) in [6.07, 6.45) is 0.943. The Bertz CT molecular complexity index is 1300. The zero-order valence-corrected chi connectivity index (χ0v) is 20.2. The van der Waals surface area contributed by atoms with Crippen molar-refractivity contribution in [2.45, 2.75) is 12.5 Å². The van der Waals surface area contributed by atoms with E-state index in [1.165, 1.54) is 26.5 Å². The number of carbonyl (C=O) groups is 3. The normalized spacial score (nSPS) is 11.3. The lowest BCUT2D eigenvalue weighted by molar-refractivity contribution is -0.139. The van der Waals surface area contributed by atoms with Crippen molar-refractivity contribution in [3.8, 4) is 11.5 Å². The smallest absolute Gasteiger partial charge is 0.346 e. The summed E-state index contributed by atoms with van der Waals surface area (Å²) >= 11 is 3.26. The fraction of sp³-hybridized carbons (Fsp3) is 0.174. The van der Waals surface area contributed by atoms with Gasteiger partial charge in [0.05, 0.1) is 19.8 Å². The van der Waals surface area contributed by atoms with Crippen LogP contribution in [0.2, 0.25) is 0 Å². The van der Waals surface area contributed by atoms with E-state index in [0.29, 0.717) is 4.47 Å². The number of nitrogens with one attached hydrogen (secondary N) is 3. The molecule has 35 heavy (non-hydrogen) atoms. The molecule has 3 aromatic rings. The Balaban J connectivity index is 1.90. The molecule has 0 fully saturated rings. The van der Waals surface area contributed by atoms with E-state index in [1.54, 1.807) is 36.4 Å². The molecular weight excluding hydrogens is 524 g/mol. The zero-order valence-electron chi connectivity index (χ0n) is 18.6. The molecule has 0 bridgehead atoms. The maximum atomic E-state index is 13.0. The van der Waals surface area contributed by atoms with E-state index in [4.69, 9.17) is 9.47 Å². The number of aromatic amines is 1. The predicted molar refractivity (Wildman–Crippen MR) is 129 cm³/mol. The molecule has 4 N–H and O–H groups in total. The summed E-state index contributed by atoms with van der Waals surface area (Å²) in [6, 6.07) is 9.90. The number of hydrogen-bond donors (Lipinski definition) is 4. The summed E-state index contributed by atoms with van der Waals surface area (Å²) in [4.78, 5) is 55.6. The highest BCUT2D eigenvalue weighted by Gasteiger charge is 2.25. The van der Waals surface area contributed by atoms with Gasteiger partial charge in [0.1, 0.15) is 28.9 Å². The van der Waals surface area contributed by atoms with Crippen LogP contribution in [-0.2, 0) is 11.2 Å². The second-order valence-corrected chi connectivity index (χ2v) is 7.97. The summed E-state index contributed by atoms with van der Waals surface area (Å²) < 4.78 is 11.0. The minimum Gasteiger partial charge on any atom is -0.496 e. The van der Waals surface area contributed by atoms with E-state index in [-0.39, 0.29) is 40.4 Å². The Morgan fingerprint density at radius 2 is 1.71 bits per heavy atom. The van der Waals surface area contributed by atoms with Crippen LogP contribution in [0.1, 0.15) is 26.3 Å². The van der Waals surface area contributed by atoms with Gasteiger partial charge in [-0.2, -0.15) is 4.98 Å². The SMILES string of the molecule is COc1cccc(OC)c1C(=O)Nc1nc(=O)[nH]cc1CC(NC(=O)c1ccccc1Br)C(=O)O. The number of H-pyrrole nitrogens is 1. The van der Waals surface area contributed by atoms with E-state index in [2.05, 4.69) is 36.5 Å². The minimum absolute atomic E-state index is 0.0579. The van der Waals surface area contributed by atoms with Gasteiger partial charge in [-0.3, -0.25) is 9.59 Å². The van der Waals surface area contributed by atoms with Crippen LogP contribution in [0.15, 0.2) is 57.9 Å². The molecule has 0 aliphatic rings. The molecule has 0 radical (unpaired) electrons. The lowest BCUT2D eigenvalue weighted by atomic mass is 10.1. The van der Waals surface area contributed by atoms with Gasteiger partial charge < -0.3 is 30.2 Å². The highest BCUT2D eigenvalue weighted by atomic mass is 79.9. The molecule has 0 aliphatic heterocycles.